The molecule has 0 bridgehead atoms. The molecular weight excluding hydrogens is 373 g/mol. The van der Waals surface area contributed by atoms with Crippen LogP contribution in [-0.4, -0.2) is 32.2 Å². The van der Waals surface area contributed by atoms with Crippen LogP contribution in [0.1, 0.15) is 5.56 Å². The lowest BCUT2D eigenvalue weighted by atomic mass is 10.1. The number of aromatic nitrogens is 4. The molecule has 4 aromatic rings. The van der Waals surface area contributed by atoms with Crippen LogP contribution in [-0.2, 0) is 6.54 Å². The Morgan fingerprint density at radius 3 is 2.93 bits per heavy atom. The van der Waals surface area contributed by atoms with Gasteiger partial charge >= 0.3 is 0 Å². The molecule has 4 heterocycles. The Labute approximate surface area is 165 Å². The van der Waals surface area contributed by atoms with E-state index in [1.54, 1.807) is 42.6 Å². The van der Waals surface area contributed by atoms with Gasteiger partial charge in [0.05, 0.1) is 34.8 Å². The molecular formula is C21H14FN5O2. The van der Waals surface area contributed by atoms with Crippen molar-refractivity contribution in [1.29, 1.82) is 5.26 Å². The van der Waals surface area contributed by atoms with Crippen LogP contribution in [0.5, 0.6) is 11.8 Å². The van der Waals surface area contributed by atoms with Crippen molar-refractivity contribution in [2.75, 3.05) is 6.61 Å². The molecule has 1 aliphatic rings. The van der Waals surface area contributed by atoms with Gasteiger partial charge < -0.3 is 9.47 Å². The number of benzene rings is 1. The molecule has 0 spiro atoms. The molecule has 0 fully saturated rings. The summed E-state index contributed by atoms with van der Waals surface area (Å²) in [5.41, 5.74) is 2.85. The maximum atomic E-state index is 14.1. The van der Waals surface area contributed by atoms with Crippen LogP contribution in [0.15, 0.2) is 54.9 Å². The van der Waals surface area contributed by atoms with E-state index in [2.05, 4.69) is 21.0 Å². The lowest BCUT2D eigenvalue weighted by Crippen LogP contribution is -2.23. The maximum absolute atomic E-state index is 14.1. The highest BCUT2D eigenvalue weighted by atomic mass is 19.1. The van der Waals surface area contributed by atoms with Gasteiger partial charge in [-0.3, -0.25) is 9.55 Å². The Kier molecular flexibility index (Phi) is 4.06. The maximum Gasteiger partial charge on any atom is 0.297 e. The number of hydrogen-bond donors (Lipinski definition) is 0. The molecule has 0 amide bonds. The van der Waals surface area contributed by atoms with E-state index >= 15 is 0 Å². The van der Waals surface area contributed by atoms with Crippen molar-refractivity contribution in [3.63, 3.8) is 0 Å². The Balaban J connectivity index is 1.34. The molecule has 8 heteroatoms. The molecule has 29 heavy (non-hydrogen) atoms. The average molecular weight is 387 g/mol. The third-order valence-electron chi connectivity index (χ3n) is 4.71. The van der Waals surface area contributed by atoms with Gasteiger partial charge in [-0.05, 0) is 42.5 Å². The zero-order chi connectivity index (χ0) is 19.8. The largest absolute Gasteiger partial charge is 0.487 e. The summed E-state index contributed by atoms with van der Waals surface area (Å²) in [6.45, 7) is 0.816. The summed E-state index contributed by atoms with van der Waals surface area (Å²) in [5.74, 6) is -0.146. The van der Waals surface area contributed by atoms with Gasteiger partial charge in [0.15, 0.2) is 6.10 Å². The van der Waals surface area contributed by atoms with E-state index in [0.29, 0.717) is 29.6 Å². The number of imidazole rings is 1. The van der Waals surface area contributed by atoms with Crippen molar-refractivity contribution >= 4 is 11.0 Å². The zero-order valence-electron chi connectivity index (χ0n) is 15.1. The van der Waals surface area contributed by atoms with Crippen LogP contribution in [0.2, 0.25) is 0 Å². The predicted molar refractivity (Wildman–Crippen MR) is 102 cm³/mol. The van der Waals surface area contributed by atoms with Crippen molar-refractivity contribution in [1.82, 2.24) is 19.5 Å². The van der Waals surface area contributed by atoms with E-state index in [9.17, 15) is 4.39 Å². The van der Waals surface area contributed by atoms with E-state index in [0.717, 1.165) is 11.0 Å². The second-order valence-electron chi connectivity index (χ2n) is 6.56. The first kappa shape index (κ1) is 17.1. The Morgan fingerprint density at radius 1 is 1.21 bits per heavy atom. The standard InChI is InChI=1S/C21H14FN5O2/c22-20-15(3-1-8-25-20)19-18(4-2-7-24-19)28-12-14-11-27-17-6-5-13(10-23)9-16(17)26-21(27)29-14/h1-9,14H,11-12H2/t14-/m0/s1. The molecule has 0 saturated heterocycles. The topological polar surface area (TPSA) is 85.9 Å². The van der Waals surface area contributed by atoms with Crippen LogP contribution in [0, 0.1) is 17.3 Å². The van der Waals surface area contributed by atoms with Gasteiger partial charge in [0, 0.05) is 12.4 Å². The van der Waals surface area contributed by atoms with Crippen LogP contribution in [0.4, 0.5) is 4.39 Å². The van der Waals surface area contributed by atoms with Gasteiger partial charge in [-0.2, -0.15) is 14.6 Å². The minimum atomic E-state index is -0.600. The van der Waals surface area contributed by atoms with Crippen molar-refractivity contribution < 1.29 is 13.9 Å². The fourth-order valence-corrected chi connectivity index (χ4v) is 3.38. The van der Waals surface area contributed by atoms with Gasteiger partial charge in [0.1, 0.15) is 18.1 Å². The number of halogens is 1. The summed E-state index contributed by atoms with van der Waals surface area (Å²) >= 11 is 0. The number of pyridine rings is 2. The van der Waals surface area contributed by atoms with Gasteiger partial charge in [0.2, 0.25) is 5.95 Å². The molecule has 0 aliphatic carbocycles. The third kappa shape index (κ3) is 3.02. The molecule has 0 N–H and O–H groups in total. The summed E-state index contributed by atoms with van der Waals surface area (Å²) in [7, 11) is 0. The van der Waals surface area contributed by atoms with Crippen LogP contribution in [0.3, 0.4) is 0 Å². The van der Waals surface area contributed by atoms with Gasteiger partial charge in [-0.1, -0.05) is 0 Å². The van der Waals surface area contributed by atoms with Crippen LogP contribution in [0.25, 0.3) is 22.3 Å². The first-order chi connectivity index (χ1) is 14.2. The Hall–Kier alpha value is -3.99. The van der Waals surface area contributed by atoms with Crippen molar-refractivity contribution in [2.45, 2.75) is 12.6 Å². The Morgan fingerprint density at radius 2 is 2.07 bits per heavy atom. The van der Waals surface area contributed by atoms with Gasteiger partial charge in [-0.15, -0.1) is 0 Å². The molecule has 0 radical (unpaired) electrons. The first-order valence-electron chi connectivity index (χ1n) is 8.98. The summed E-state index contributed by atoms with van der Waals surface area (Å²) in [4.78, 5) is 12.4. The highest BCUT2D eigenvalue weighted by Gasteiger charge is 2.27. The van der Waals surface area contributed by atoms with Gasteiger partial charge in [-0.25, -0.2) is 4.98 Å². The van der Waals surface area contributed by atoms with E-state index in [1.807, 2.05) is 10.6 Å². The van der Waals surface area contributed by atoms with E-state index in [1.165, 1.54) is 6.20 Å². The first-order valence-corrected chi connectivity index (χ1v) is 8.98. The lowest BCUT2D eigenvalue weighted by molar-refractivity contribution is 0.144. The summed E-state index contributed by atoms with van der Waals surface area (Å²) in [6.07, 6.45) is 2.72. The van der Waals surface area contributed by atoms with E-state index < -0.39 is 5.95 Å². The normalized spacial score (nSPS) is 15.0. The zero-order valence-corrected chi connectivity index (χ0v) is 15.1. The molecule has 5 rings (SSSR count). The van der Waals surface area contributed by atoms with Gasteiger partial charge in [0.25, 0.3) is 6.01 Å². The van der Waals surface area contributed by atoms with Crippen molar-refractivity contribution in [3.05, 3.63) is 66.4 Å². The summed E-state index contributed by atoms with van der Waals surface area (Å²) < 4.78 is 27.8. The second-order valence-corrected chi connectivity index (χ2v) is 6.56. The second kappa shape index (κ2) is 6.87. The number of fused-ring (bicyclic) bond motifs is 3. The molecule has 3 aromatic heterocycles. The molecule has 142 valence electrons. The predicted octanol–water partition coefficient (Wildman–Crippen LogP) is 3.34. The smallest absolute Gasteiger partial charge is 0.297 e. The molecule has 0 unspecified atom stereocenters. The number of hydrogen-bond acceptors (Lipinski definition) is 6. The van der Waals surface area contributed by atoms with E-state index in [-0.39, 0.29) is 18.3 Å². The molecule has 1 atom stereocenters. The molecule has 1 aromatic carbocycles. The lowest BCUT2D eigenvalue weighted by Gasteiger charge is -2.14. The highest BCUT2D eigenvalue weighted by molar-refractivity contribution is 5.78. The quantitative estimate of drug-likeness (QED) is 0.499. The van der Waals surface area contributed by atoms with Crippen LogP contribution >= 0.6 is 0 Å². The Bertz CT molecular complexity index is 1260. The van der Waals surface area contributed by atoms with E-state index in [4.69, 9.17) is 14.7 Å². The molecule has 7 nitrogen and oxygen atoms in total. The minimum absolute atomic E-state index is 0.246. The number of rotatable bonds is 4. The van der Waals surface area contributed by atoms with Crippen LogP contribution < -0.4 is 9.47 Å². The molecule has 0 saturated carbocycles. The number of nitrogens with zero attached hydrogens (tertiary/aromatic N) is 5. The summed E-state index contributed by atoms with van der Waals surface area (Å²) in [6, 6.07) is 14.7. The fraction of sp³-hybridized carbons (Fsp3) is 0.143. The highest BCUT2D eigenvalue weighted by Crippen LogP contribution is 2.31. The average Bonchev–Trinajstić information content (AvgIpc) is 3.29. The number of nitriles is 1. The minimum Gasteiger partial charge on any atom is -0.487 e. The van der Waals surface area contributed by atoms with Crippen molar-refractivity contribution in [3.8, 4) is 29.1 Å². The fourth-order valence-electron chi connectivity index (χ4n) is 3.38. The summed E-state index contributed by atoms with van der Waals surface area (Å²) in [5, 5.41) is 9.02. The third-order valence-corrected chi connectivity index (χ3v) is 4.71. The van der Waals surface area contributed by atoms with Crippen molar-refractivity contribution in [2.24, 2.45) is 0 Å². The SMILES string of the molecule is N#Cc1ccc2c(c1)nc1n2C[C@@H](COc2cccnc2-c2cccnc2F)O1. The molecule has 1 aliphatic heterocycles. The monoisotopic (exact) mass is 387 g/mol. The number of ether oxygens (including phenoxy) is 2.